The number of nitrogens with zero attached hydrogens (tertiary/aromatic N) is 2. The number of amides is 1. The Morgan fingerprint density at radius 1 is 1.00 bits per heavy atom. The van der Waals surface area contributed by atoms with Gasteiger partial charge in [-0.15, -0.1) is 0 Å². The highest BCUT2D eigenvalue weighted by molar-refractivity contribution is 6.01. The Labute approximate surface area is 157 Å². The van der Waals surface area contributed by atoms with Gasteiger partial charge in [-0.05, 0) is 5.56 Å². The minimum Gasteiger partial charge on any atom is -0.368 e. The van der Waals surface area contributed by atoms with Gasteiger partial charge in [-0.2, -0.15) is 0 Å². The summed E-state index contributed by atoms with van der Waals surface area (Å²) >= 11 is 0. The van der Waals surface area contributed by atoms with E-state index in [1.165, 1.54) is 0 Å². The standard InChI is InChI=1S/C21H20N4O2/c22-20(26)19-17(14-7-3-1-4-8-14)18(15-9-5-2-6-10-15)24-21(25-19)16-13-23-11-12-27-16/h1-10,16,23H,11-13H2,(H2,22,26). The maximum atomic E-state index is 12.3. The van der Waals surface area contributed by atoms with Crippen molar-refractivity contribution < 1.29 is 9.53 Å². The summed E-state index contributed by atoms with van der Waals surface area (Å²) < 4.78 is 5.80. The molecule has 27 heavy (non-hydrogen) atoms. The normalized spacial score (nSPS) is 16.8. The third-order valence-corrected chi connectivity index (χ3v) is 4.48. The number of aromatic nitrogens is 2. The van der Waals surface area contributed by atoms with Gasteiger partial charge in [0.05, 0.1) is 12.3 Å². The fourth-order valence-corrected chi connectivity index (χ4v) is 3.21. The second-order valence-electron chi connectivity index (χ2n) is 6.31. The number of nitrogens with two attached hydrogens (primary N) is 1. The zero-order chi connectivity index (χ0) is 18.6. The summed E-state index contributed by atoms with van der Waals surface area (Å²) in [5.74, 6) is -0.118. The molecule has 0 bridgehead atoms. The molecule has 4 rings (SSSR count). The first-order chi connectivity index (χ1) is 13.2. The van der Waals surface area contributed by atoms with Crippen LogP contribution in [0.25, 0.3) is 22.4 Å². The lowest BCUT2D eigenvalue weighted by molar-refractivity contribution is 0.0221. The molecular weight excluding hydrogens is 340 g/mol. The molecule has 0 radical (unpaired) electrons. The second-order valence-corrected chi connectivity index (χ2v) is 6.31. The van der Waals surface area contributed by atoms with E-state index in [0.29, 0.717) is 30.2 Å². The molecule has 0 aliphatic carbocycles. The number of nitrogens with one attached hydrogen (secondary N) is 1. The predicted molar refractivity (Wildman–Crippen MR) is 103 cm³/mol. The van der Waals surface area contributed by atoms with Crippen LogP contribution in [-0.2, 0) is 4.74 Å². The zero-order valence-corrected chi connectivity index (χ0v) is 14.8. The van der Waals surface area contributed by atoms with Gasteiger partial charge in [0, 0.05) is 24.2 Å². The first-order valence-electron chi connectivity index (χ1n) is 8.89. The summed E-state index contributed by atoms with van der Waals surface area (Å²) in [7, 11) is 0. The molecule has 2 aromatic carbocycles. The quantitative estimate of drug-likeness (QED) is 0.746. The summed E-state index contributed by atoms with van der Waals surface area (Å²) in [5.41, 5.74) is 8.98. The molecule has 1 atom stereocenters. The van der Waals surface area contributed by atoms with Crippen LogP contribution in [0, 0.1) is 0 Å². The number of carbonyl (C=O) groups excluding carboxylic acids is 1. The van der Waals surface area contributed by atoms with Crippen molar-refractivity contribution in [1.82, 2.24) is 15.3 Å². The van der Waals surface area contributed by atoms with Gasteiger partial charge in [0.1, 0.15) is 11.8 Å². The molecule has 6 heteroatoms. The van der Waals surface area contributed by atoms with Crippen LogP contribution in [-0.4, -0.2) is 35.6 Å². The predicted octanol–water partition coefficient (Wildman–Crippen LogP) is 2.57. The second kappa shape index (κ2) is 7.65. The van der Waals surface area contributed by atoms with E-state index in [0.717, 1.165) is 17.7 Å². The Bertz CT molecular complexity index is 939. The largest absolute Gasteiger partial charge is 0.368 e. The topological polar surface area (TPSA) is 90.1 Å². The van der Waals surface area contributed by atoms with Crippen molar-refractivity contribution in [2.45, 2.75) is 6.10 Å². The van der Waals surface area contributed by atoms with E-state index in [-0.39, 0.29) is 11.8 Å². The molecular formula is C21H20N4O2. The molecule has 1 unspecified atom stereocenters. The van der Waals surface area contributed by atoms with Gasteiger partial charge in [-0.25, -0.2) is 9.97 Å². The summed E-state index contributed by atoms with van der Waals surface area (Å²) in [4.78, 5) is 21.6. The van der Waals surface area contributed by atoms with Crippen molar-refractivity contribution in [2.75, 3.05) is 19.7 Å². The van der Waals surface area contributed by atoms with Crippen molar-refractivity contribution >= 4 is 5.91 Å². The number of hydrogen-bond donors (Lipinski definition) is 2. The molecule has 3 N–H and O–H groups in total. The first kappa shape index (κ1) is 17.3. The number of primary amides is 1. The Balaban J connectivity index is 1.97. The van der Waals surface area contributed by atoms with E-state index in [1.54, 1.807) is 0 Å². The molecule has 6 nitrogen and oxygen atoms in total. The molecule has 3 aromatic rings. The highest BCUT2D eigenvalue weighted by atomic mass is 16.5. The molecule has 0 spiro atoms. The van der Waals surface area contributed by atoms with Crippen LogP contribution in [0.1, 0.15) is 22.4 Å². The number of carbonyl (C=O) groups is 1. The fraction of sp³-hybridized carbons (Fsp3) is 0.190. The minimum atomic E-state index is -0.585. The molecule has 1 saturated heterocycles. The van der Waals surface area contributed by atoms with Crippen LogP contribution in [0.2, 0.25) is 0 Å². The maximum Gasteiger partial charge on any atom is 0.268 e. The van der Waals surface area contributed by atoms with Crippen LogP contribution in [0.4, 0.5) is 0 Å². The average molecular weight is 360 g/mol. The van der Waals surface area contributed by atoms with E-state index in [2.05, 4.69) is 10.3 Å². The van der Waals surface area contributed by atoms with Gasteiger partial charge >= 0.3 is 0 Å². The lowest BCUT2D eigenvalue weighted by atomic mass is 9.97. The van der Waals surface area contributed by atoms with Crippen molar-refractivity contribution in [2.24, 2.45) is 5.73 Å². The monoisotopic (exact) mass is 360 g/mol. The molecule has 1 aliphatic rings. The number of rotatable bonds is 4. The lowest BCUT2D eigenvalue weighted by Crippen LogP contribution is -2.34. The van der Waals surface area contributed by atoms with Crippen LogP contribution in [0.3, 0.4) is 0 Å². The van der Waals surface area contributed by atoms with Crippen molar-refractivity contribution in [3.63, 3.8) is 0 Å². The number of benzene rings is 2. The van der Waals surface area contributed by atoms with Crippen molar-refractivity contribution in [3.8, 4) is 22.4 Å². The van der Waals surface area contributed by atoms with Gasteiger partial charge in [-0.3, -0.25) is 4.79 Å². The van der Waals surface area contributed by atoms with E-state index in [4.69, 9.17) is 15.5 Å². The summed E-state index contributed by atoms with van der Waals surface area (Å²) in [6, 6.07) is 19.3. The summed E-state index contributed by atoms with van der Waals surface area (Å²) in [5, 5.41) is 3.27. The highest BCUT2D eigenvalue weighted by Crippen LogP contribution is 2.34. The van der Waals surface area contributed by atoms with Crippen molar-refractivity contribution in [3.05, 3.63) is 72.2 Å². The third kappa shape index (κ3) is 3.58. The number of ether oxygens (including phenoxy) is 1. The molecule has 0 saturated carbocycles. The smallest absolute Gasteiger partial charge is 0.268 e. The van der Waals surface area contributed by atoms with E-state index < -0.39 is 5.91 Å². The van der Waals surface area contributed by atoms with E-state index >= 15 is 0 Å². The fourth-order valence-electron chi connectivity index (χ4n) is 3.21. The molecule has 136 valence electrons. The van der Waals surface area contributed by atoms with Gasteiger partial charge < -0.3 is 15.8 Å². The van der Waals surface area contributed by atoms with Gasteiger partial charge in [0.2, 0.25) is 0 Å². The SMILES string of the molecule is NC(=O)c1nc(C2CNCCO2)nc(-c2ccccc2)c1-c1ccccc1. The van der Waals surface area contributed by atoms with Crippen LogP contribution < -0.4 is 11.1 Å². The molecule has 1 aromatic heterocycles. The van der Waals surface area contributed by atoms with Crippen molar-refractivity contribution in [1.29, 1.82) is 0 Å². The molecule has 2 heterocycles. The summed E-state index contributed by atoms with van der Waals surface area (Å²) in [6.07, 6.45) is -0.316. The lowest BCUT2D eigenvalue weighted by Gasteiger charge is -2.24. The Hall–Kier alpha value is -3.09. The van der Waals surface area contributed by atoms with Crippen LogP contribution in [0.5, 0.6) is 0 Å². The zero-order valence-electron chi connectivity index (χ0n) is 14.8. The Kier molecular flexibility index (Phi) is 4.91. The van der Waals surface area contributed by atoms with Crippen LogP contribution in [0.15, 0.2) is 60.7 Å². The third-order valence-electron chi connectivity index (χ3n) is 4.48. The van der Waals surface area contributed by atoms with Gasteiger partial charge in [0.25, 0.3) is 5.91 Å². The molecule has 1 aliphatic heterocycles. The van der Waals surface area contributed by atoms with Gasteiger partial charge in [-0.1, -0.05) is 60.7 Å². The van der Waals surface area contributed by atoms with E-state index in [9.17, 15) is 4.79 Å². The Morgan fingerprint density at radius 3 is 2.26 bits per heavy atom. The number of hydrogen-bond acceptors (Lipinski definition) is 5. The van der Waals surface area contributed by atoms with E-state index in [1.807, 2.05) is 60.7 Å². The highest BCUT2D eigenvalue weighted by Gasteiger charge is 2.25. The first-order valence-corrected chi connectivity index (χ1v) is 8.89. The molecule has 1 amide bonds. The Morgan fingerprint density at radius 2 is 1.67 bits per heavy atom. The van der Waals surface area contributed by atoms with Gasteiger partial charge in [0.15, 0.2) is 5.82 Å². The average Bonchev–Trinajstić information content (AvgIpc) is 2.74. The van der Waals surface area contributed by atoms with Crippen LogP contribution >= 0.6 is 0 Å². The maximum absolute atomic E-state index is 12.3. The molecule has 1 fully saturated rings. The minimum absolute atomic E-state index is 0.208. The summed E-state index contributed by atoms with van der Waals surface area (Å²) in [6.45, 7) is 1.95. The number of morpholine rings is 1.